The van der Waals surface area contributed by atoms with Crippen LogP contribution in [0.5, 0.6) is 11.5 Å². The number of benzene rings is 1. The predicted octanol–water partition coefficient (Wildman–Crippen LogP) is 1.14. The van der Waals surface area contributed by atoms with E-state index >= 15 is 0 Å². The van der Waals surface area contributed by atoms with E-state index in [1.807, 2.05) is 12.1 Å². The molecule has 1 aliphatic rings. The second kappa shape index (κ2) is 4.22. The predicted molar refractivity (Wildman–Crippen MR) is 64.1 cm³/mol. The first-order valence-corrected chi connectivity index (χ1v) is 5.38. The fourth-order valence-electron chi connectivity index (χ4n) is 1.99. The maximum atomic E-state index is 5.89. The molecule has 0 radical (unpaired) electrons. The Hall–Kier alpha value is -1.42. The van der Waals surface area contributed by atoms with Gasteiger partial charge in [-0.2, -0.15) is 0 Å². The highest BCUT2D eigenvalue weighted by atomic mass is 16.5. The van der Waals surface area contributed by atoms with Crippen LogP contribution in [0.1, 0.15) is 5.56 Å². The van der Waals surface area contributed by atoms with Gasteiger partial charge in [-0.05, 0) is 32.6 Å². The fraction of sp³-hybridized carbons (Fsp3) is 0.500. The largest absolute Gasteiger partial charge is 0.496 e. The number of hydrogen-bond donors (Lipinski definition) is 1. The third-order valence-corrected chi connectivity index (χ3v) is 3.06. The van der Waals surface area contributed by atoms with Gasteiger partial charge in [0.05, 0.1) is 12.8 Å². The van der Waals surface area contributed by atoms with Crippen LogP contribution in [0.2, 0.25) is 0 Å². The molecule has 4 nitrogen and oxygen atoms in total. The highest BCUT2D eigenvalue weighted by Gasteiger charge is 2.25. The van der Waals surface area contributed by atoms with E-state index in [2.05, 4.69) is 19.0 Å². The van der Waals surface area contributed by atoms with Crippen LogP contribution < -0.4 is 15.2 Å². The van der Waals surface area contributed by atoms with E-state index in [1.165, 1.54) is 0 Å². The Morgan fingerprint density at radius 2 is 2.19 bits per heavy atom. The Labute approximate surface area is 95.9 Å². The Balaban J connectivity index is 2.38. The minimum absolute atomic E-state index is 0.378. The van der Waals surface area contributed by atoms with Crippen LogP contribution in [-0.2, 0) is 6.42 Å². The van der Waals surface area contributed by atoms with Gasteiger partial charge in [-0.3, -0.25) is 0 Å². The molecular weight excluding hydrogens is 204 g/mol. The van der Waals surface area contributed by atoms with Gasteiger partial charge in [-0.15, -0.1) is 0 Å². The summed E-state index contributed by atoms with van der Waals surface area (Å²) in [4.78, 5) is 2.16. The molecule has 0 saturated heterocycles. The molecule has 0 bridgehead atoms. The van der Waals surface area contributed by atoms with E-state index in [0.717, 1.165) is 23.5 Å². The summed E-state index contributed by atoms with van der Waals surface area (Å²) in [7, 11) is 5.78. The molecule has 2 rings (SSSR count). The highest BCUT2D eigenvalue weighted by Crippen LogP contribution is 2.38. The normalized spacial score (nSPS) is 19.1. The summed E-state index contributed by atoms with van der Waals surface area (Å²) in [6, 6.07) is 4.10. The zero-order chi connectivity index (χ0) is 11.7. The molecule has 1 heterocycles. The first-order chi connectivity index (χ1) is 7.63. The van der Waals surface area contributed by atoms with Crippen molar-refractivity contribution in [3.05, 3.63) is 17.7 Å². The van der Waals surface area contributed by atoms with Crippen LogP contribution in [0, 0.1) is 0 Å². The molecule has 0 unspecified atom stereocenters. The van der Waals surface area contributed by atoms with Gasteiger partial charge in [0, 0.05) is 11.6 Å². The SMILES string of the molecule is COc1ccc(N)c2c1C[C@@H](N(C)C)CO2. The zero-order valence-corrected chi connectivity index (χ0v) is 9.99. The number of fused-ring (bicyclic) bond motifs is 1. The van der Waals surface area contributed by atoms with Gasteiger partial charge in [-0.1, -0.05) is 0 Å². The van der Waals surface area contributed by atoms with Gasteiger partial charge in [0.2, 0.25) is 0 Å². The topological polar surface area (TPSA) is 47.7 Å². The minimum Gasteiger partial charge on any atom is -0.496 e. The summed E-state index contributed by atoms with van der Waals surface area (Å²) in [5.41, 5.74) is 7.66. The molecular formula is C12H18N2O2. The van der Waals surface area contributed by atoms with E-state index in [-0.39, 0.29) is 0 Å². The number of nitrogens with zero attached hydrogens (tertiary/aromatic N) is 1. The van der Waals surface area contributed by atoms with Gasteiger partial charge in [0.15, 0.2) is 0 Å². The Bertz CT molecular complexity index is 391. The highest BCUT2D eigenvalue weighted by molar-refractivity contribution is 5.62. The molecule has 1 aromatic rings. The molecule has 0 aromatic heterocycles. The average molecular weight is 222 g/mol. The lowest BCUT2D eigenvalue weighted by atomic mass is 10.00. The third-order valence-electron chi connectivity index (χ3n) is 3.06. The molecule has 1 aliphatic heterocycles. The van der Waals surface area contributed by atoms with Gasteiger partial charge in [-0.25, -0.2) is 0 Å². The molecule has 0 saturated carbocycles. The molecule has 0 fully saturated rings. The summed E-state index contributed by atoms with van der Waals surface area (Å²) in [5.74, 6) is 1.65. The van der Waals surface area contributed by atoms with Crippen molar-refractivity contribution in [3.63, 3.8) is 0 Å². The van der Waals surface area contributed by atoms with Crippen LogP contribution in [-0.4, -0.2) is 38.8 Å². The molecule has 1 atom stereocenters. The molecule has 16 heavy (non-hydrogen) atoms. The van der Waals surface area contributed by atoms with Crippen molar-refractivity contribution >= 4 is 5.69 Å². The third kappa shape index (κ3) is 1.80. The number of anilines is 1. The Morgan fingerprint density at radius 1 is 1.44 bits per heavy atom. The molecule has 2 N–H and O–H groups in total. The number of nitrogens with two attached hydrogens (primary N) is 1. The lowest BCUT2D eigenvalue weighted by molar-refractivity contribution is 0.164. The number of rotatable bonds is 2. The molecule has 0 aliphatic carbocycles. The van der Waals surface area contributed by atoms with Crippen LogP contribution in [0.4, 0.5) is 5.69 Å². The van der Waals surface area contributed by atoms with Crippen LogP contribution >= 0.6 is 0 Å². The first-order valence-electron chi connectivity index (χ1n) is 5.38. The van der Waals surface area contributed by atoms with Crippen LogP contribution in [0.3, 0.4) is 0 Å². The lowest BCUT2D eigenvalue weighted by Crippen LogP contribution is -2.38. The first kappa shape index (κ1) is 11.1. The van der Waals surface area contributed by atoms with Gasteiger partial charge >= 0.3 is 0 Å². The van der Waals surface area contributed by atoms with Crippen molar-refractivity contribution in [2.45, 2.75) is 12.5 Å². The Kier molecular flexibility index (Phi) is 2.92. The summed E-state index contributed by atoms with van der Waals surface area (Å²) >= 11 is 0. The fourth-order valence-corrected chi connectivity index (χ4v) is 1.99. The molecule has 1 aromatic carbocycles. The van der Waals surface area contributed by atoms with E-state index in [9.17, 15) is 0 Å². The second-order valence-electron chi connectivity index (χ2n) is 4.30. The van der Waals surface area contributed by atoms with E-state index in [0.29, 0.717) is 18.3 Å². The molecule has 4 heteroatoms. The number of nitrogen functional groups attached to an aromatic ring is 1. The molecule has 0 amide bonds. The van der Waals surface area contributed by atoms with Crippen molar-refractivity contribution in [1.82, 2.24) is 4.90 Å². The van der Waals surface area contributed by atoms with Gasteiger partial charge in [0.25, 0.3) is 0 Å². The van der Waals surface area contributed by atoms with Crippen molar-refractivity contribution < 1.29 is 9.47 Å². The summed E-state index contributed by atoms with van der Waals surface area (Å²) in [5, 5.41) is 0. The van der Waals surface area contributed by atoms with Gasteiger partial charge in [0.1, 0.15) is 18.1 Å². The quantitative estimate of drug-likeness (QED) is 0.762. The monoisotopic (exact) mass is 222 g/mol. The van der Waals surface area contributed by atoms with Crippen LogP contribution in [0.15, 0.2) is 12.1 Å². The number of methoxy groups -OCH3 is 1. The molecule has 88 valence electrons. The summed E-state index contributed by atoms with van der Waals surface area (Å²) < 4.78 is 11.1. The van der Waals surface area contributed by atoms with E-state index in [4.69, 9.17) is 15.2 Å². The summed E-state index contributed by atoms with van der Waals surface area (Å²) in [6.07, 6.45) is 0.913. The summed E-state index contributed by atoms with van der Waals surface area (Å²) in [6.45, 7) is 0.678. The van der Waals surface area contributed by atoms with E-state index < -0.39 is 0 Å². The maximum Gasteiger partial charge on any atom is 0.149 e. The van der Waals surface area contributed by atoms with Crippen LogP contribution in [0.25, 0.3) is 0 Å². The standard InChI is InChI=1S/C12H18N2O2/c1-14(2)8-6-9-11(15-3)5-4-10(13)12(9)16-7-8/h4-5,8H,6-7,13H2,1-3H3/t8-/m1/s1. The minimum atomic E-state index is 0.378. The number of likely N-dealkylation sites (N-methyl/N-ethyl adjacent to an activating group) is 1. The average Bonchev–Trinajstić information content (AvgIpc) is 2.29. The smallest absolute Gasteiger partial charge is 0.149 e. The van der Waals surface area contributed by atoms with Crippen molar-refractivity contribution in [2.75, 3.05) is 33.5 Å². The van der Waals surface area contributed by atoms with Crippen molar-refractivity contribution in [2.24, 2.45) is 0 Å². The van der Waals surface area contributed by atoms with Crippen molar-refractivity contribution in [1.29, 1.82) is 0 Å². The molecule has 0 spiro atoms. The van der Waals surface area contributed by atoms with Gasteiger partial charge < -0.3 is 20.1 Å². The Morgan fingerprint density at radius 3 is 2.81 bits per heavy atom. The number of ether oxygens (including phenoxy) is 2. The van der Waals surface area contributed by atoms with Crippen molar-refractivity contribution in [3.8, 4) is 11.5 Å². The second-order valence-corrected chi connectivity index (χ2v) is 4.30. The maximum absolute atomic E-state index is 5.89. The number of hydrogen-bond acceptors (Lipinski definition) is 4. The lowest BCUT2D eigenvalue weighted by Gasteiger charge is -2.31. The van der Waals surface area contributed by atoms with E-state index in [1.54, 1.807) is 7.11 Å². The zero-order valence-electron chi connectivity index (χ0n) is 9.99.